The third-order valence-corrected chi connectivity index (χ3v) is 3.92. The Labute approximate surface area is 128 Å². The molecule has 0 saturated heterocycles. The van der Waals surface area contributed by atoms with Gasteiger partial charge in [0.1, 0.15) is 0 Å². The molecule has 2 aromatic carbocycles. The molecule has 1 nitrogen and oxygen atoms in total. The standard InChI is InChI=1S/C17H15ClOS/c1-13(19)16-6-2-14(3-7-16)10-11-20-12-15-4-8-17(18)9-5-15/h2-11H,12H2,1H3/b11-10+. The van der Waals surface area contributed by atoms with E-state index in [1.54, 1.807) is 18.7 Å². The average molecular weight is 303 g/mol. The molecule has 0 saturated carbocycles. The molecule has 0 spiro atoms. The zero-order valence-corrected chi connectivity index (χ0v) is 12.7. The van der Waals surface area contributed by atoms with E-state index in [-0.39, 0.29) is 5.78 Å². The fraction of sp³-hybridized carbons (Fsp3) is 0.118. The largest absolute Gasteiger partial charge is 0.295 e. The molecule has 0 heterocycles. The maximum absolute atomic E-state index is 11.2. The van der Waals surface area contributed by atoms with Crippen LogP contribution >= 0.6 is 23.4 Å². The summed E-state index contributed by atoms with van der Waals surface area (Å²) in [4.78, 5) is 11.2. The highest BCUT2D eigenvalue weighted by Crippen LogP contribution is 2.17. The Morgan fingerprint density at radius 3 is 2.35 bits per heavy atom. The molecule has 0 aliphatic heterocycles. The van der Waals surface area contributed by atoms with Crippen LogP contribution in [0.5, 0.6) is 0 Å². The van der Waals surface area contributed by atoms with Crippen molar-refractivity contribution in [1.29, 1.82) is 0 Å². The van der Waals surface area contributed by atoms with Crippen LogP contribution in [0.1, 0.15) is 28.4 Å². The van der Waals surface area contributed by atoms with E-state index in [1.807, 2.05) is 54.6 Å². The normalized spacial score (nSPS) is 10.9. The highest BCUT2D eigenvalue weighted by Gasteiger charge is 1.97. The molecule has 0 radical (unpaired) electrons. The minimum atomic E-state index is 0.0950. The van der Waals surface area contributed by atoms with Crippen molar-refractivity contribution < 1.29 is 4.79 Å². The van der Waals surface area contributed by atoms with Crippen LogP contribution in [0.4, 0.5) is 0 Å². The Morgan fingerprint density at radius 1 is 1.10 bits per heavy atom. The minimum absolute atomic E-state index is 0.0950. The highest BCUT2D eigenvalue weighted by atomic mass is 35.5. The van der Waals surface area contributed by atoms with Crippen molar-refractivity contribution >= 4 is 35.2 Å². The second kappa shape index (κ2) is 7.32. The summed E-state index contributed by atoms with van der Waals surface area (Å²) in [6, 6.07) is 15.5. The zero-order valence-electron chi connectivity index (χ0n) is 11.2. The topological polar surface area (TPSA) is 17.1 Å². The Hall–Kier alpha value is -1.51. The third-order valence-electron chi connectivity index (χ3n) is 2.84. The summed E-state index contributed by atoms with van der Waals surface area (Å²) in [6.07, 6.45) is 2.05. The van der Waals surface area contributed by atoms with Crippen molar-refractivity contribution in [2.45, 2.75) is 12.7 Å². The van der Waals surface area contributed by atoms with Crippen LogP contribution in [0.25, 0.3) is 6.08 Å². The monoisotopic (exact) mass is 302 g/mol. The summed E-state index contributed by atoms with van der Waals surface area (Å²) in [6.45, 7) is 1.58. The van der Waals surface area contributed by atoms with E-state index < -0.39 is 0 Å². The lowest BCUT2D eigenvalue weighted by Gasteiger charge is -1.99. The summed E-state index contributed by atoms with van der Waals surface area (Å²) < 4.78 is 0. The van der Waals surface area contributed by atoms with E-state index in [1.165, 1.54) is 5.56 Å². The third kappa shape index (κ3) is 4.55. The van der Waals surface area contributed by atoms with Gasteiger partial charge in [-0.05, 0) is 41.7 Å². The van der Waals surface area contributed by atoms with Gasteiger partial charge in [-0.25, -0.2) is 0 Å². The van der Waals surface area contributed by atoms with Crippen molar-refractivity contribution in [1.82, 2.24) is 0 Å². The smallest absolute Gasteiger partial charge is 0.159 e. The Kier molecular flexibility index (Phi) is 5.45. The van der Waals surface area contributed by atoms with Crippen molar-refractivity contribution in [3.63, 3.8) is 0 Å². The van der Waals surface area contributed by atoms with Crippen LogP contribution in [0.15, 0.2) is 53.9 Å². The van der Waals surface area contributed by atoms with E-state index in [0.717, 1.165) is 21.9 Å². The first-order valence-electron chi connectivity index (χ1n) is 6.29. The second-order valence-electron chi connectivity index (χ2n) is 4.42. The summed E-state index contributed by atoms with van der Waals surface area (Å²) in [5.74, 6) is 1.01. The quantitative estimate of drug-likeness (QED) is 0.683. The van der Waals surface area contributed by atoms with Crippen molar-refractivity contribution in [2.75, 3.05) is 0 Å². The summed E-state index contributed by atoms with van der Waals surface area (Å²) in [5.41, 5.74) is 3.09. The van der Waals surface area contributed by atoms with E-state index in [2.05, 4.69) is 5.41 Å². The second-order valence-corrected chi connectivity index (χ2v) is 5.75. The van der Waals surface area contributed by atoms with Gasteiger partial charge in [0.25, 0.3) is 0 Å². The molecule has 0 fully saturated rings. The number of thioether (sulfide) groups is 1. The number of rotatable bonds is 5. The number of halogens is 1. The molecule has 2 aromatic rings. The number of carbonyl (C=O) groups is 1. The first kappa shape index (κ1) is 14.9. The SMILES string of the molecule is CC(=O)c1ccc(/C=C/SCc2ccc(Cl)cc2)cc1. The number of carbonyl (C=O) groups excluding carboxylic acids is 1. The average Bonchev–Trinajstić information content (AvgIpc) is 2.46. The van der Waals surface area contributed by atoms with Crippen LogP contribution in [0, 0.1) is 0 Å². The molecule has 0 aliphatic rings. The number of Topliss-reactive ketones (excluding diaryl/α,β-unsaturated/α-hetero) is 1. The summed E-state index contributed by atoms with van der Waals surface area (Å²) in [5, 5.41) is 2.83. The maximum atomic E-state index is 11.2. The molecular weight excluding hydrogens is 288 g/mol. The molecule has 0 amide bonds. The molecule has 0 bridgehead atoms. The Bertz CT molecular complexity index is 600. The fourth-order valence-corrected chi connectivity index (χ4v) is 2.54. The number of hydrogen-bond acceptors (Lipinski definition) is 2. The fourth-order valence-electron chi connectivity index (χ4n) is 1.68. The van der Waals surface area contributed by atoms with Gasteiger partial charge in [0.15, 0.2) is 5.78 Å². The van der Waals surface area contributed by atoms with E-state index in [4.69, 9.17) is 11.6 Å². The van der Waals surface area contributed by atoms with Gasteiger partial charge >= 0.3 is 0 Å². The van der Waals surface area contributed by atoms with Gasteiger partial charge in [-0.3, -0.25) is 4.79 Å². The van der Waals surface area contributed by atoms with E-state index >= 15 is 0 Å². The number of hydrogen-bond donors (Lipinski definition) is 0. The lowest BCUT2D eigenvalue weighted by atomic mass is 10.1. The van der Waals surface area contributed by atoms with Gasteiger partial charge in [-0.1, -0.05) is 48.0 Å². The van der Waals surface area contributed by atoms with Crippen LogP contribution < -0.4 is 0 Å². The summed E-state index contributed by atoms with van der Waals surface area (Å²) >= 11 is 7.57. The first-order chi connectivity index (χ1) is 9.65. The van der Waals surface area contributed by atoms with Crippen LogP contribution in [0.3, 0.4) is 0 Å². The maximum Gasteiger partial charge on any atom is 0.159 e. The number of benzene rings is 2. The Morgan fingerprint density at radius 2 is 1.75 bits per heavy atom. The van der Waals surface area contributed by atoms with Gasteiger partial charge in [-0.15, -0.1) is 11.8 Å². The van der Waals surface area contributed by atoms with Crippen molar-refractivity contribution in [2.24, 2.45) is 0 Å². The van der Waals surface area contributed by atoms with Gasteiger partial charge < -0.3 is 0 Å². The molecular formula is C17H15ClOS. The van der Waals surface area contributed by atoms with Gasteiger partial charge in [-0.2, -0.15) is 0 Å². The van der Waals surface area contributed by atoms with Crippen molar-refractivity contribution in [3.8, 4) is 0 Å². The molecule has 0 aliphatic carbocycles. The van der Waals surface area contributed by atoms with E-state index in [9.17, 15) is 4.79 Å². The van der Waals surface area contributed by atoms with Crippen LogP contribution in [-0.2, 0) is 5.75 Å². The molecule has 3 heteroatoms. The molecule has 0 atom stereocenters. The van der Waals surface area contributed by atoms with Gasteiger partial charge in [0.2, 0.25) is 0 Å². The zero-order chi connectivity index (χ0) is 14.4. The van der Waals surface area contributed by atoms with Crippen LogP contribution in [-0.4, -0.2) is 5.78 Å². The minimum Gasteiger partial charge on any atom is -0.295 e. The first-order valence-corrected chi connectivity index (χ1v) is 7.71. The summed E-state index contributed by atoms with van der Waals surface area (Å²) in [7, 11) is 0. The lowest BCUT2D eigenvalue weighted by Crippen LogP contribution is -1.90. The molecule has 2 rings (SSSR count). The molecule has 102 valence electrons. The molecule has 0 N–H and O–H groups in total. The lowest BCUT2D eigenvalue weighted by molar-refractivity contribution is 0.101. The number of ketones is 1. The predicted molar refractivity (Wildman–Crippen MR) is 88.2 cm³/mol. The molecule has 20 heavy (non-hydrogen) atoms. The van der Waals surface area contributed by atoms with Crippen molar-refractivity contribution in [3.05, 3.63) is 75.7 Å². The Balaban J connectivity index is 1.87. The van der Waals surface area contributed by atoms with Gasteiger partial charge in [0, 0.05) is 16.3 Å². The molecule has 0 aromatic heterocycles. The van der Waals surface area contributed by atoms with Gasteiger partial charge in [0.05, 0.1) is 0 Å². The molecule has 0 unspecified atom stereocenters. The van der Waals surface area contributed by atoms with E-state index in [0.29, 0.717) is 0 Å². The predicted octanol–water partition coefficient (Wildman–Crippen LogP) is 5.45. The van der Waals surface area contributed by atoms with Crippen LogP contribution in [0.2, 0.25) is 5.02 Å². The highest BCUT2D eigenvalue weighted by molar-refractivity contribution is 8.01.